The quantitative estimate of drug-likeness (QED) is 0.0935. The first kappa shape index (κ1) is 33.0. The van der Waals surface area contributed by atoms with Crippen molar-refractivity contribution >= 4 is 34.2 Å². The second-order valence-corrected chi connectivity index (χ2v) is 8.91. The third kappa shape index (κ3) is 22.2. The first-order valence-electron chi connectivity index (χ1n) is 12.7. The van der Waals surface area contributed by atoms with E-state index in [-0.39, 0.29) is 5.91 Å². The Hall–Kier alpha value is -1.02. The van der Waals surface area contributed by atoms with Crippen molar-refractivity contribution < 1.29 is 38.0 Å². The molecule has 36 heavy (non-hydrogen) atoms. The SMILES string of the molecule is CC(=O)Nc1ccc(OCCOCCOCCOCCOCCOCCOCCCCCCI)cc1. The summed E-state index contributed by atoms with van der Waals surface area (Å²) in [5, 5.41) is 2.71. The van der Waals surface area contributed by atoms with Crippen LogP contribution in [0, 0.1) is 0 Å². The van der Waals surface area contributed by atoms with E-state index in [1.54, 1.807) is 24.3 Å². The monoisotopic (exact) mass is 625 g/mol. The number of unbranched alkanes of at least 4 members (excludes halogenated alkanes) is 3. The van der Waals surface area contributed by atoms with Gasteiger partial charge in [-0.25, -0.2) is 0 Å². The van der Waals surface area contributed by atoms with Gasteiger partial charge in [-0.15, -0.1) is 0 Å². The summed E-state index contributed by atoms with van der Waals surface area (Å²) in [6.45, 7) is 8.70. The van der Waals surface area contributed by atoms with Gasteiger partial charge in [0.05, 0.1) is 72.7 Å². The fourth-order valence-corrected chi connectivity index (χ4v) is 3.45. The molecule has 1 amide bonds. The number of anilines is 1. The maximum Gasteiger partial charge on any atom is 0.221 e. The highest BCUT2D eigenvalue weighted by molar-refractivity contribution is 14.1. The van der Waals surface area contributed by atoms with E-state index in [0.717, 1.165) is 24.5 Å². The highest BCUT2D eigenvalue weighted by Gasteiger charge is 1.98. The van der Waals surface area contributed by atoms with Crippen molar-refractivity contribution in [2.45, 2.75) is 32.6 Å². The zero-order valence-electron chi connectivity index (χ0n) is 21.7. The van der Waals surface area contributed by atoms with Crippen LogP contribution in [0.3, 0.4) is 0 Å². The van der Waals surface area contributed by atoms with Crippen LogP contribution in [0.15, 0.2) is 24.3 Å². The number of amides is 1. The zero-order chi connectivity index (χ0) is 25.9. The van der Waals surface area contributed by atoms with Crippen LogP contribution in [0.5, 0.6) is 5.75 Å². The molecule has 0 bridgehead atoms. The van der Waals surface area contributed by atoms with Crippen LogP contribution in [-0.4, -0.2) is 96.2 Å². The maximum absolute atomic E-state index is 11.0. The molecule has 1 rings (SSSR count). The van der Waals surface area contributed by atoms with Crippen LogP contribution in [0.1, 0.15) is 32.6 Å². The van der Waals surface area contributed by atoms with Gasteiger partial charge < -0.3 is 38.5 Å². The maximum atomic E-state index is 11.0. The summed E-state index contributed by atoms with van der Waals surface area (Å²) in [5.74, 6) is 0.627. The highest BCUT2D eigenvalue weighted by Crippen LogP contribution is 2.15. The Labute approximate surface area is 229 Å². The normalized spacial score (nSPS) is 11.1. The van der Waals surface area contributed by atoms with Crippen molar-refractivity contribution in [3.8, 4) is 5.75 Å². The standard InChI is InChI=1S/C26H44INO8/c1-24(29)28-25-6-8-26(9-7-25)36-23-22-35-21-20-34-19-18-33-17-16-32-15-14-31-13-12-30-11-5-3-2-4-10-27/h6-9H,2-5,10-23H2,1H3,(H,28,29). The smallest absolute Gasteiger partial charge is 0.221 e. The molecule has 0 atom stereocenters. The molecule has 208 valence electrons. The fraction of sp³-hybridized carbons (Fsp3) is 0.731. The Morgan fingerprint density at radius 2 is 1.03 bits per heavy atom. The van der Waals surface area contributed by atoms with Crippen molar-refractivity contribution in [3.05, 3.63) is 24.3 Å². The highest BCUT2D eigenvalue weighted by atomic mass is 127. The topological polar surface area (TPSA) is 93.7 Å². The van der Waals surface area contributed by atoms with Crippen molar-refractivity contribution in [2.24, 2.45) is 0 Å². The van der Waals surface area contributed by atoms with Crippen LogP contribution >= 0.6 is 22.6 Å². The van der Waals surface area contributed by atoms with E-state index in [4.69, 9.17) is 33.2 Å². The molecule has 0 aromatic heterocycles. The molecule has 0 heterocycles. The molecule has 0 saturated heterocycles. The molecule has 10 heteroatoms. The van der Waals surface area contributed by atoms with Gasteiger partial charge in [-0.1, -0.05) is 35.4 Å². The Morgan fingerprint density at radius 1 is 0.611 bits per heavy atom. The van der Waals surface area contributed by atoms with Gasteiger partial charge in [-0.05, 0) is 41.5 Å². The summed E-state index contributed by atoms with van der Waals surface area (Å²) < 4.78 is 39.7. The lowest BCUT2D eigenvalue weighted by molar-refractivity contribution is -0.114. The summed E-state index contributed by atoms with van der Waals surface area (Å²) in [7, 11) is 0. The number of halogens is 1. The first-order valence-corrected chi connectivity index (χ1v) is 14.3. The minimum atomic E-state index is -0.100. The van der Waals surface area contributed by atoms with Crippen molar-refractivity contribution in [2.75, 3.05) is 95.6 Å². The van der Waals surface area contributed by atoms with E-state index >= 15 is 0 Å². The number of benzene rings is 1. The van der Waals surface area contributed by atoms with E-state index in [1.807, 2.05) is 0 Å². The lowest BCUT2D eigenvalue weighted by Gasteiger charge is -2.09. The molecule has 0 aliphatic rings. The first-order chi connectivity index (χ1) is 17.7. The Bertz CT molecular complexity index is 620. The van der Waals surface area contributed by atoms with Crippen molar-refractivity contribution in [3.63, 3.8) is 0 Å². The van der Waals surface area contributed by atoms with Gasteiger partial charge in [0, 0.05) is 19.2 Å². The molecule has 9 nitrogen and oxygen atoms in total. The molecule has 0 aliphatic carbocycles. The molecule has 1 aromatic carbocycles. The molecule has 0 saturated carbocycles. The van der Waals surface area contributed by atoms with Gasteiger partial charge in [-0.3, -0.25) is 4.79 Å². The van der Waals surface area contributed by atoms with Crippen LogP contribution in [-0.2, 0) is 33.2 Å². The van der Waals surface area contributed by atoms with E-state index in [2.05, 4.69) is 27.9 Å². The number of rotatable bonds is 26. The molecule has 0 fully saturated rings. The van der Waals surface area contributed by atoms with Crippen LogP contribution < -0.4 is 10.1 Å². The molecule has 0 spiro atoms. The van der Waals surface area contributed by atoms with E-state index < -0.39 is 0 Å². The zero-order valence-corrected chi connectivity index (χ0v) is 23.8. The predicted molar refractivity (Wildman–Crippen MR) is 149 cm³/mol. The molecular formula is C26H44INO8. The number of carbonyl (C=O) groups is 1. The van der Waals surface area contributed by atoms with Gasteiger partial charge in [-0.2, -0.15) is 0 Å². The van der Waals surface area contributed by atoms with Gasteiger partial charge in [0.2, 0.25) is 5.91 Å². The van der Waals surface area contributed by atoms with Crippen LogP contribution in [0.25, 0.3) is 0 Å². The van der Waals surface area contributed by atoms with Gasteiger partial charge >= 0.3 is 0 Å². The summed E-state index contributed by atoms with van der Waals surface area (Å²) in [6.07, 6.45) is 4.98. The Balaban J connectivity index is 1.72. The molecular weight excluding hydrogens is 581 g/mol. The Kier molecular flexibility index (Phi) is 23.5. The number of hydrogen-bond acceptors (Lipinski definition) is 8. The lowest BCUT2D eigenvalue weighted by atomic mass is 10.2. The number of hydrogen-bond donors (Lipinski definition) is 1. The summed E-state index contributed by atoms with van der Waals surface area (Å²) >= 11 is 2.42. The minimum Gasteiger partial charge on any atom is -0.491 e. The minimum absolute atomic E-state index is 0.100. The summed E-state index contributed by atoms with van der Waals surface area (Å²) in [6, 6.07) is 7.20. The summed E-state index contributed by atoms with van der Waals surface area (Å²) in [4.78, 5) is 11.0. The fourth-order valence-electron chi connectivity index (χ4n) is 2.91. The van der Waals surface area contributed by atoms with Crippen molar-refractivity contribution in [1.29, 1.82) is 0 Å². The third-order valence-electron chi connectivity index (χ3n) is 4.70. The van der Waals surface area contributed by atoms with E-state index in [9.17, 15) is 4.79 Å². The largest absolute Gasteiger partial charge is 0.491 e. The summed E-state index contributed by atoms with van der Waals surface area (Å²) in [5.41, 5.74) is 0.740. The molecule has 0 radical (unpaired) electrons. The van der Waals surface area contributed by atoms with E-state index in [0.29, 0.717) is 79.3 Å². The lowest BCUT2D eigenvalue weighted by Crippen LogP contribution is -2.14. The van der Waals surface area contributed by atoms with Crippen LogP contribution in [0.4, 0.5) is 5.69 Å². The average Bonchev–Trinajstić information content (AvgIpc) is 2.87. The Morgan fingerprint density at radius 3 is 1.47 bits per heavy atom. The number of carbonyl (C=O) groups excluding carboxylic acids is 1. The second kappa shape index (κ2) is 25.6. The van der Waals surface area contributed by atoms with Gasteiger partial charge in [0.25, 0.3) is 0 Å². The molecule has 1 aromatic rings. The van der Waals surface area contributed by atoms with Crippen LogP contribution in [0.2, 0.25) is 0 Å². The molecule has 0 aliphatic heterocycles. The third-order valence-corrected chi connectivity index (χ3v) is 5.47. The second-order valence-electron chi connectivity index (χ2n) is 7.83. The van der Waals surface area contributed by atoms with Gasteiger partial charge in [0.15, 0.2) is 0 Å². The molecule has 0 unspecified atom stereocenters. The van der Waals surface area contributed by atoms with Gasteiger partial charge in [0.1, 0.15) is 12.4 Å². The average molecular weight is 626 g/mol. The number of ether oxygens (including phenoxy) is 7. The van der Waals surface area contributed by atoms with E-state index in [1.165, 1.54) is 30.6 Å². The predicted octanol–water partition coefficient (Wildman–Crippen LogP) is 4.12. The number of alkyl halides is 1. The molecule has 1 N–H and O–H groups in total. The number of nitrogens with one attached hydrogen (secondary N) is 1. The van der Waals surface area contributed by atoms with Crippen molar-refractivity contribution in [1.82, 2.24) is 0 Å².